The van der Waals surface area contributed by atoms with Crippen molar-refractivity contribution in [1.29, 1.82) is 0 Å². The number of rotatable bonds is 6. The number of benzene rings is 2. The Kier molecular flexibility index (Phi) is 4.79. The topological polar surface area (TPSA) is 57.4 Å². The molecule has 3 aromatic rings. The van der Waals surface area contributed by atoms with Gasteiger partial charge in [0.05, 0.1) is 20.1 Å². The van der Waals surface area contributed by atoms with Gasteiger partial charge in [0.1, 0.15) is 0 Å². The summed E-state index contributed by atoms with van der Waals surface area (Å²) >= 11 is 0. The second-order valence-corrected chi connectivity index (χ2v) is 5.40. The van der Waals surface area contributed by atoms with Crippen molar-refractivity contribution in [1.82, 2.24) is 10.1 Å². The third kappa shape index (κ3) is 3.11. The zero-order chi connectivity index (χ0) is 16.9. The van der Waals surface area contributed by atoms with Crippen LogP contribution in [0.4, 0.5) is 0 Å². The van der Waals surface area contributed by atoms with Gasteiger partial charge in [0.25, 0.3) is 0 Å². The standard InChI is InChI=1S/C19H20N2O3/c1-4-15(13-8-6-5-7-9-13)19-20-18(21-24-19)14-10-11-16(22-2)17(12-14)23-3/h5-12,15H,4H2,1-3H3. The highest BCUT2D eigenvalue weighted by Crippen LogP contribution is 2.33. The minimum absolute atomic E-state index is 0.0904. The molecule has 124 valence electrons. The van der Waals surface area contributed by atoms with E-state index in [0.717, 1.165) is 12.0 Å². The Morgan fingerprint density at radius 1 is 1.00 bits per heavy atom. The first kappa shape index (κ1) is 16.1. The molecule has 1 aromatic heterocycles. The predicted molar refractivity (Wildman–Crippen MR) is 91.4 cm³/mol. The predicted octanol–water partition coefficient (Wildman–Crippen LogP) is 4.30. The van der Waals surface area contributed by atoms with Crippen LogP contribution in [-0.2, 0) is 0 Å². The Morgan fingerprint density at radius 2 is 1.75 bits per heavy atom. The number of methoxy groups -OCH3 is 2. The molecule has 0 radical (unpaired) electrons. The van der Waals surface area contributed by atoms with Crippen LogP contribution in [0.5, 0.6) is 11.5 Å². The molecule has 0 bridgehead atoms. The first-order valence-electron chi connectivity index (χ1n) is 7.87. The summed E-state index contributed by atoms with van der Waals surface area (Å²) in [6.07, 6.45) is 0.886. The maximum atomic E-state index is 5.52. The summed E-state index contributed by atoms with van der Waals surface area (Å²) in [5.74, 6) is 2.55. The van der Waals surface area contributed by atoms with Gasteiger partial charge in [0.2, 0.25) is 11.7 Å². The van der Waals surface area contributed by atoms with E-state index in [-0.39, 0.29) is 5.92 Å². The second kappa shape index (κ2) is 7.17. The fraction of sp³-hybridized carbons (Fsp3) is 0.263. The summed E-state index contributed by atoms with van der Waals surface area (Å²) in [5, 5.41) is 4.13. The molecule has 1 atom stereocenters. The molecule has 5 nitrogen and oxygen atoms in total. The van der Waals surface area contributed by atoms with Crippen molar-refractivity contribution in [3.05, 3.63) is 60.0 Å². The third-order valence-corrected chi connectivity index (χ3v) is 3.99. The van der Waals surface area contributed by atoms with E-state index in [9.17, 15) is 0 Å². The molecule has 0 amide bonds. The molecule has 0 N–H and O–H groups in total. The molecule has 2 aromatic carbocycles. The fourth-order valence-electron chi connectivity index (χ4n) is 2.71. The molecule has 3 rings (SSSR count). The molecule has 0 saturated heterocycles. The van der Waals surface area contributed by atoms with Gasteiger partial charge in [-0.25, -0.2) is 0 Å². The van der Waals surface area contributed by atoms with Crippen LogP contribution < -0.4 is 9.47 Å². The lowest BCUT2D eigenvalue weighted by atomic mass is 9.96. The lowest BCUT2D eigenvalue weighted by molar-refractivity contribution is 0.355. The highest BCUT2D eigenvalue weighted by atomic mass is 16.5. The number of nitrogens with zero attached hydrogens (tertiary/aromatic N) is 2. The van der Waals surface area contributed by atoms with Crippen LogP contribution in [0.2, 0.25) is 0 Å². The van der Waals surface area contributed by atoms with Gasteiger partial charge in [0.15, 0.2) is 11.5 Å². The first-order chi connectivity index (χ1) is 11.8. The largest absolute Gasteiger partial charge is 0.493 e. The maximum absolute atomic E-state index is 5.52. The van der Waals surface area contributed by atoms with Crippen molar-refractivity contribution in [3.63, 3.8) is 0 Å². The molecule has 0 aliphatic heterocycles. The van der Waals surface area contributed by atoms with Gasteiger partial charge in [0, 0.05) is 5.56 Å². The van der Waals surface area contributed by atoms with Gasteiger partial charge < -0.3 is 14.0 Å². The van der Waals surface area contributed by atoms with E-state index in [0.29, 0.717) is 23.2 Å². The van der Waals surface area contributed by atoms with Gasteiger partial charge in [-0.05, 0) is 30.2 Å². The van der Waals surface area contributed by atoms with Gasteiger partial charge in [-0.3, -0.25) is 0 Å². The Morgan fingerprint density at radius 3 is 2.42 bits per heavy atom. The van der Waals surface area contributed by atoms with E-state index in [2.05, 4.69) is 29.2 Å². The van der Waals surface area contributed by atoms with Crippen molar-refractivity contribution < 1.29 is 14.0 Å². The average molecular weight is 324 g/mol. The van der Waals surface area contributed by atoms with Crippen molar-refractivity contribution in [3.8, 4) is 22.9 Å². The number of hydrogen-bond acceptors (Lipinski definition) is 5. The summed E-state index contributed by atoms with van der Waals surface area (Å²) in [4.78, 5) is 4.58. The van der Waals surface area contributed by atoms with E-state index >= 15 is 0 Å². The van der Waals surface area contributed by atoms with E-state index in [1.54, 1.807) is 14.2 Å². The quantitative estimate of drug-likeness (QED) is 0.677. The zero-order valence-corrected chi connectivity index (χ0v) is 14.0. The summed E-state index contributed by atoms with van der Waals surface area (Å²) in [6.45, 7) is 2.11. The van der Waals surface area contributed by atoms with Gasteiger partial charge in [-0.2, -0.15) is 4.98 Å². The molecule has 0 fully saturated rings. The van der Waals surface area contributed by atoms with Crippen LogP contribution in [0.25, 0.3) is 11.4 Å². The zero-order valence-electron chi connectivity index (χ0n) is 14.0. The van der Waals surface area contributed by atoms with Crippen LogP contribution >= 0.6 is 0 Å². The summed E-state index contributed by atoms with van der Waals surface area (Å²) in [7, 11) is 3.21. The van der Waals surface area contributed by atoms with E-state index < -0.39 is 0 Å². The first-order valence-corrected chi connectivity index (χ1v) is 7.87. The fourth-order valence-corrected chi connectivity index (χ4v) is 2.71. The Balaban J connectivity index is 1.93. The van der Waals surface area contributed by atoms with Crippen LogP contribution in [-0.4, -0.2) is 24.4 Å². The van der Waals surface area contributed by atoms with Gasteiger partial charge >= 0.3 is 0 Å². The van der Waals surface area contributed by atoms with E-state index in [1.165, 1.54) is 5.56 Å². The molecule has 0 aliphatic rings. The second-order valence-electron chi connectivity index (χ2n) is 5.40. The van der Waals surface area contributed by atoms with Crippen molar-refractivity contribution in [2.75, 3.05) is 14.2 Å². The Labute approximate surface area is 141 Å². The molecule has 1 unspecified atom stereocenters. The molecule has 0 saturated carbocycles. The minimum Gasteiger partial charge on any atom is -0.493 e. The van der Waals surface area contributed by atoms with Crippen molar-refractivity contribution >= 4 is 0 Å². The number of ether oxygens (including phenoxy) is 2. The monoisotopic (exact) mass is 324 g/mol. The molecule has 1 heterocycles. The minimum atomic E-state index is 0.0904. The third-order valence-electron chi connectivity index (χ3n) is 3.99. The molecule has 24 heavy (non-hydrogen) atoms. The van der Waals surface area contributed by atoms with Crippen LogP contribution in [0, 0.1) is 0 Å². The van der Waals surface area contributed by atoms with Gasteiger partial charge in [-0.15, -0.1) is 0 Å². The van der Waals surface area contributed by atoms with Crippen molar-refractivity contribution in [2.24, 2.45) is 0 Å². The van der Waals surface area contributed by atoms with E-state index in [1.807, 2.05) is 36.4 Å². The molecular weight excluding hydrogens is 304 g/mol. The summed E-state index contributed by atoms with van der Waals surface area (Å²) in [5.41, 5.74) is 1.99. The lowest BCUT2D eigenvalue weighted by Gasteiger charge is -2.09. The van der Waals surface area contributed by atoms with Gasteiger partial charge in [-0.1, -0.05) is 42.4 Å². The van der Waals surface area contributed by atoms with Crippen LogP contribution in [0.3, 0.4) is 0 Å². The lowest BCUT2D eigenvalue weighted by Crippen LogP contribution is -1.99. The highest BCUT2D eigenvalue weighted by molar-refractivity contribution is 5.60. The number of aromatic nitrogens is 2. The SMILES string of the molecule is CCC(c1ccccc1)c1nc(-c2ccc(OC)c(OC)c2)no1. The van der Waals surface area contributed by atoms with Crippen LogP contribution in [0.15, 0.2) is 53.1 Å². The smallest absolute Gasteiger partial charge is 0.234 e. The number of hydrogen-bond donors (Lipinski definition) is 0. The summed E-state index contributed by atoms with van der Waals surface area (Å²) in [6, 6.07) is 15.8. The molecule has 5 heteroatoms. The normalized spacial score (nSPS) is 12.0. The van der Waals surface area contributed by atoms with E-state index in [4.69, 9.17) is 14.0 Å². The molecular formula is C19H20N2O3. The average Bonchev–Trinajstić information content (AvgIpc) is 3.12. The Bertz CT molecular complexity index is 799. The maximum Gasteiger partial charge on any atom is 0.234 e. The Hall–Kier alpha value is -2.82. The van der Waals surface area contributed by atoms with Crippen LogP contribution in [0.1, 0.15) is 30.7 Å². The van der Waals surface area contributed by atoms with Crippen molar-refractivity contribution in [2.45, 2.75) is 19.3 Å². The molecule has 0 aliphatic carbocycles. The molecule has 0 spiro atoms. The summed E-state index contributed by atoms with van der Waals surface area (Å²) < 4.78 is 16.1. The highest BCUT2D eigenvalue weighted by Gasteiger charge is 2.20.